The molecule has 0 saturated carbocycles. The minimum absolute atomic E-state index is 0.0563. The zero-order chi connectivity index (χ0) is 13.0. The molecule has 0 aliphatic carbocycles. The van der Waals surface area contributed by atoms with E-state index in [2.05, 4.69) is 17.4 Å². The molecule has 6 heteroatoms. The van der Waals surface area contributed by atoms with E-state index in [4.69, 9.17) is 5.26 Å². The fraction of sp³-hybridized carbons (Fsp3) is 0.273. The lowest BCUT2D eigenvalue weighted by molar-refractivity contribution is 0.0515. The van der Waals surface area contributed by atoms with E-state index in [1.54, 1.807) is 13.0 Å². The van der Waals surface area contributed by atoms with Crippen molar-refractivity contribution in [2.45, 2.75) is 18.2 Å². The molecule has 0 fully saturated rings. The van der Waals surface area contributed by atoms with Gasteiger partial charge in [-0.2, -0.15) is 5.26 Å². The molecular formula is C11H9F2NO2S. The molecular weight excluding hydrogens is 248 g/mol. The first-order chi connectivity index (χ1) is 8.01. The summed E-state index contributed by atoms with van der Waals surface area (Å²) >= 11 is 3.90. The van der Waals surface area contributed by atoms with Crippen LogP contribution in [0.3, 0.4) is 0 Å². The third-order valence-corrected chi connectivity index (χ3v) is 2.39. The first-order valence-corrected chi connectivity index (χ1v) is 5.18. The summed E-state index contributed by atoms with van der Waals surface area (Å²) in [6.07, 6.45) is -2.83. The largest absolute Gasteiger partial charge is 0.462 e. The van der Waals surface area contributed by atoms with E-state index in [9.17, 15) is 13.6 Å². The predicted octanol–water partition coefficient (Wildman–Crippen LogP) is 2.96. The van der Waals surface area contributed by atoms with Crippen molar-refractivity contribution in [1.29, 1.82) is 5.26 Å². The van der Waals surface area contributed by atoms with Crippen LogP contribution in [0.1, 0.15) is 34.8 Å². The number of nitrogens with zero attached hydrogens (tertiary/aromatic N) is 1. The van der Waals surface area contributed by atoms with Crippen LogP contribution in [0.4, 0.5) is 8.78 Å². The Bertz CT molecular complexity index is 483. The molecule has 1 aromatic rings. The van der Waals surface area contributed by atoms with Gasteiger partial charge in [-0.05, 0) is 19.1 Å². The van der Waals surface area contributed by atoms with Crippen molar-refractivity contribution in [3.8, 4) is 6.07 Å². The second kappa shape index (κ2) is 5.64. The molecule has 1 aromatic carbocycles. The van der Waals surface area contributed by atoms with Gasteiger partial charge in [0.2, 0.25) is 0 Å². The van der Waals surface area contributed by atoms with Gasteiger partial charge < -0.3 is 4.74 Å². The predicted molar refractivity (Wildman–Crippen MR) is 59.3 cm³/mol. The van der Waals surface area contributed by atoms with Gasteiger partial charge in [0.15, 0.2) is 0 Å². The zero-order valence-corrected chi connectivity index (χ0v) is 9.80. The molecule has 0 spiro atoms. The first-order valence-electron chi connectivity index (χ1n) is 4.73. The molecule has 17 heavy (non-hydrogen) atoms. The number of rotatable bonds is 3. The van der Waals surface area contributed by atoms with Crippen molar-refractivity contribution in [2.24, 2.45) is 0 Å². The number of carbonyl (C=O) groups excluding carboxylic acids is 1. The third kappa shape index (κ3) is 2.94. The number of alkyl halides is 2. The van der Waals surface area contributed by atoms with Crippen LogP contribution in [0.5, 0.6) is 0 Å². The molecule has 0 aliphatic heterocycles. The normalized spacial score (nSPS) is 10.1. The number of hydrogen-bond donors (Lipinski definition) is 1. The quantitative estimate of drug-likeness (QED) is 0.669. The molecule has 0 radical (unpaired) electrons. The highest BCUT2D eigenvalue weighted by atomic mass is 32.1. The third-order valence-electron chi connectivity index (χ3n) is 2.02. The minimum Gasteiger partial charge on any atom is -0.462 e. The monoisotopic (exact) mass is 257 g/mol. The van der Waals surface area contributed by atoms with Crippen molar-refractivity contribution in [3.05, 3.63) is 28.8 Å². The Morgan fingerprint density at radius 3 is 2.71 bits per heavy atom. The van der Waals surface area contributed by atoms with Gasteiger partial charge in [0.25, 0.3) is 6.43 Å². The van der Waals surface area contributed by atoms with Crippen molar-refractivity contribution in [2.75, 3.05) is 6.61 Å². The Morgan fingerprint density at radius 1 is 1.59 bits per heavy atom. The van der Waals surface area contributed by atoms with Crippen molar-refractivity contribution in [3.63, 3.8) is 0 Å². The summed E-state index contributed by atoms with van der Waals surface area (Å²) in [6, 6.07) is 3.85. The maximum atomic E-state index is 12.7. The Balaban J connectivity index is 3.35. The molecule has 0 amide bonds. The van der Waals surface area contributed by atoms with Gasteiger partial charge in [0, 0.05) is 10.5 Å². The Hall–Kier alpha value is -1.61. The van der Waals surface area contributed by atoms with E-state index in [-0.39, 0.29) is 22.6 Å². The van der Waals surface area contributed by atoms with E-state index >= 15 is 0 Å². The fourth-order valence-electron chi connectivity index (χ4n) is 1.26. The number of halogens is 2. The van der Waals surface area contributed by atoms with Gasteiger partial charge >= 0.3 is 5.97 Å². The topological polar surface area (TPSA) is 50.1 Å². The lowest BCUT2D eigenvalue weighted by Crippen LogP contribution is -2.09. The Labute approximate surface area is 102 Å². The second-order valence-electron chi connectivity index (χ2n) is 3.09. The van der Waals surface area contributed by atoms with Crippen molar-refractivity contribution < 1.29 is 18.3 Å². The van der Waals surface area contributed by atoms with Gasteiger partial charge in [-0.1, -0.05) is 0 Å². The lowest BCUT2D eigenvalue weighted by Gasteiger charge is -2.09. The van der Waals surface area contributed by atoms with Gasteiger partial charge in [-0.15, -0.1) is 12.6 Å². The van der Waals surface area contributed by atoms with Crippen LogP contribution < -0.4 is 0 Å². The molecule has 0 saturated heterocycles. The van der Waals surface area contributed by atoms with Crippen LogP contribution in [0, 0.1) is 11.3 Å². The summed E-state index contributed by atoms with van der Waals surface area (Å²) in [4.78, 5) is 11.6. The highest BCUT2D eigenvalue weighted by molar-refractivity contribution is 7.80. The molecule has 0 aromatic heterocycles. The van der Waals surface area contributed by atoms with Crippen molar-refractivity contribution >= 4 is 18.6 Å². The number of thiol groups is 1. The maximum Gasteiger partial charge on any atom is 0.338 e. The van der Waals surface area contributed by atoms with Gasteiger partial charge in [-0.25, -0.2) is 13.6 Å². The Kier molecular flexibility index (Phi) is 4.46. The second-order valence-corrected chi connectivity index (χ2v) is 3.57. The molecule has 0 unspecified atom stereocenters. The molecule has 0 heterocycles. The average molecular weight is 257 g/mol. The summed E-state index contributed by atoms with van der Waals surface area (Å²) in [5.41, 5.74) is -0.718. The van der Waals surface area contributed by atoms with Crippen LogP contribution in [0.25, 0.3) is 0 Å². The Morgan fingerprint density at radius 2 is 2.24 bits per heavy atom. The van der Waals surface area contributed by atoms with E-state index in [0.717, 1.165) is 12.1 Å². The number of hydrogen-bond acceptors (Lipinski definition) is 4. The lowest BCUT2D eigenvalue weighted by atomic mass is 10.0. The number of benzene rings is 1. The van der Waals surface area contributed by atoms with Gasteiger partial charge in [-0.3, -0.25) is 0 Å². The van der Waals surface area contributed by atoms with Gasteiger partial charge in [0.1, 0.15) is 6.07 Å². The van der Waals surface area contributed by atoms with Crippen LogP contribution in [-0.2, 0) is 4.74 Å². The van der Waals surface area contributed by atoms with Crippen LogP contribution >= 0.6 is 12.6 Å². The van der Waals surface area contributed by atoms with E-state index in [1.165, 1.54) is 0 Å². The first kappa shape index (κ1) is 13.5. The van der Waals surface area contributed by atoms with Crippen molar-refractivity contribution in [1.82, 2.24) is 0 Å². The fourth-order valence-corrected chi connectivity index (χ4v) is 1.51. The van der Waals surface area contributed by atoms with Gasteiger partial charge in [0.05, 0.1) is 17.7 Å². The highest BCUT2D eigenvalue weighted by Gasteiger charge is 2.21. The van der Waals surface area contributed by atoms with E-state index < -0.39 is 18.0 Å². The molecule has 1 rings (SSSR count). The number of nitriles is 1. The molecule has 0 aliphatic rings. The molecule has 0 bridgehead atoms. The molecule has 90 valence electrons. The summed E-state index contributed by atoms with van der Waals surface area (Å²) in [5.74, 6) is -0.868. The smallest absolute Gasteiger partial charge is 0.338 e. The SMILES string of the molecule is CCOC(=O)c1cc(C#N)c(S)cc1C(F)F. The molecule has 0 atom stereocenters. The number of carbonyl (C=O) groups is 1. The average Bonchev–Trinajstić information content (AvgIpc) is 2.28. The molecule has 0 N–H and O–H groups in total. The molecule has 3 nitrogen and oxygen atoms in total. The number of ether oxygens (including phenoxy) is 1. The standard InChI is InChI=1S/C11H9F2NO2S/c1-2-16-11(15)8-3-6(5-14)9(17)4-7(8)10(12)13/h3-4,10,17H,2H2,1H3. The highest BCUT2D eigenvalue weighted by Crippen LogP contribution is 2.28. The van der Waals surface area contributed by atoms with E-state index in [0.29, 0.717) is 0 Å². The van der Waals surface area contributed by atoms with Crippen LogP contribution in [-0.4, -0.2) is 12.6 Å². The van der Waals surface area contributed by atoms with Crippen LogP contribution in [0.2, 0.25) is 0 Å². The zero-order valence-electron chi connectivity index (χ0n) is 8.91. The summed E-state index contributed by atoms with van der Waals surface area (Å²) in [6.45, 7) is 1.64. The van der Waals surface area contributed by atoms with Crippen LogP contribution in [0.15, 0.2) is 17.0 Å². The summed E-state index contributed by atoms with van der Waals surface area (Å²) in [5, 5.41) is 8.75. The minimum atomic E-state index is -2.83. The van der Waals surface area contributed by atoms with E-state index in [1.807, 2.05) is 0 Å². The maximum absolute atomic E-state index is 12.7. The summed E-state index contributed by atoms with van der Waals surface area (Å²) in [7, 11) is 0. The summed E-state index contributed by atoms with van der Waals surface area (Å²) < 4.78 is 30.1. The number of esters is 1.